The molecule has 0 aromatic heterocycles. The van der Waals surface area contributed by atoms with Crippen molar-refractivity contribution < 1.29 is 18.1 Å². The second kappa shape index (κ2) is 8.59. The van der Waals surface area contributed by atoms with Gasteiger partial charge in [-0.1, -0.05) is 56.6 Å². The third kappa shape index (κ3) is 5.43. The molecule has 1 fully saturated rings. The van der Waals surface area contributed by atoms with Gasteiger partial charge in [0.1, 0.15) is 0 Å². The van der Waals surface area contributed by atoms with Crippen LogP contribution in [0, 0.1) is 10.1 Å². The van der Waals surface area contributed by atoms with Crippen molar-refractivity contribution in [3.8, 4) is 0 Å². The number of sulfone groups is 1. The Labute approximate surface area is 187 Å². The van der Waals surface area contributed by atoms with E-state index in [9.17, 15) is 23.3 Å². The van der Waals surface area contributed by atoms with Gasteiger partial charge in [-0.3, -0.25) is 14.9 Å². The summed E-state index contributed by atoms with van der Waals surface area (Å²) < 4.78 is 24.1. The summed E-state index contributed by atoms with van der Waals surface area (Å²) in [5.74, 6) is -0.644. The number of carbonyl (C=O) groups excluding carboxylic acids is 1. The van der Waals surface area contributed by atoms with E-state index in [0.717, 1.165) is 17.2 Å². The summed E-state index contributed by atoms with van der Waals surface area (Å²) in [6, 6.07) is 11.0. The van der Waals surface area contributed by atoms with Crippen molar-refractivity contribution >= 4 is 33.0 Å². The minimum absolute atomic E-state index is 0.00702. The molecule has 0 radical (unpaired) electrons. The Morgan fingerprint density at radius 3 is 2.35 bits per heavy atom. The molecule has 0 spiro atoms. The Bertz CT molecular complexity index is 1110. The lowest BCUT2D eigenvalue weighted by atomic mass is 9.86. The Balaban J connectivity index is 1.96. The van der Waals surface area contributed by atoms with Crippen LogP contribution in [0.5, 0.6) is 0 Å². The van der Waals surface area contributed by atoms with Gasteiger partial charge in [0.2, 0.25) is 0 Å². The number of non-ortho nitro benzene ring substituents is 1. The zero-order valence-electron chi connectivity index (χ0n) is 17.7. The van der Waals surface area contributed by atoms with Gasteiger partial charge < -0.3 is 4.90 Å². The van der Waals surface area contributed by atoms with Gasteiger partial charge in [-0.25, -0.2) is 8.42 Å². The van der Waals surface area contributed by atoms with Crippen molar-refractivity contribution in [3.05, 3.63) is 74.3 Å². The Hall–Kier alpha value is -2.45. The molecule has 1 atom stereocenters. The lowest BCUT2D eigenvalue weighted by Gasteiger charge is -2.29. The molecule has 1 unspecified atom stereocenters. The smallest absolute Gasteiger partial charge is 0.270 e. The second-order valence-corrected chi connectivity index (χ2v) is 11.5. The molecule has 9 heteroatoms. The molecule has 0 N–H and O–H groups in total. The molecule has 2 aromatic rings. The van der Waals surface area contributed by atoms with Crippen molar-refractivity contribution in [2.75, 3.05) is 11.5 Å². The first kappa shape index (κ1) is 23.2. The van der Waals surface area contributed by atoms with E-state index in [1.54, 1.807) is 0 Å². The summed E-state index contributed by atoms with van der Waals surface area (Å²) in [5.41, 5.74) is 1.70. The highest BCUT2D eigenvalue weighted by Gasteiger charge is 2.36. The lowest BCUT2D eigenvalue weighted by Crippen LogP contribution is -2.40. The van der Waals surface area contributed by atoms with Gasteiger partial charge in [-0.15, -0.1) is 0 Å². The monoisotopic (exact) mass is 464 g/mol. The third-order valence-electron chi connectivity index (χ3n) is 5.47. The molecule has 3 rings (SSSR count). The number of amides is 1. The molecule has 0 bridgehead atoms. The van der Waals surface area contributed by atoms with Crippen molar-refractivity contribution in [3.63, 3.8) is 0 Å². The standard InChI is InChI=1S/C22H25ClN2O5S/c1-22(2,3)16-6-4-15(5-7-16)13-24(18-10-11-31(29,30)14-18)21(26)19-12-17(25(27)28)8-9-20(19)23/h4-9,12,18H,10-11,13-14H2,1-3H3. The molecule has 7 nitrogen and oxygen atoms in total. The number of carbonyl (C=O) groups is 1. The quantitative estimate of drug-likeness (QED) is 0.483. The Morgan fingerprint density at radius 1 is 1.19 bits per heavy atom. The minimum atomic E-state index is -3.24. The summed E-state index contributed by atoms with van der Waals surface area (Å²) in [6.45, 7) is 6.49. The fourth-order valence-corrected chi connectivity index (χ4v) is 5.57. The number of halogens is 1. The zero-order chi connectivity index (χ0) is 23.0. The average molecular weight is 465 g/mol. The summed E-state index contributed by atoms with van der Waals surface area (Å²) in [4.78, 5) is 25.4. The number of benzene rings is 2. The van der Waals surface area contributed by atoms with Gasteiger partial charge in [-0.05, 0) is 29.0 Å². The van der Waals surface area contributed by atoms with E-state index in [0.29, 0.717) is 6.42 Å². The molecule has 31 heavy (non-hydrogen) atoms. The van der Waals surface area contributed by atoms with Gasteiger partial charge in [0.25, 0.3) is 11.6 Å². The molecule has 1 aliphatic rings. The third-order valence-corrected chi connectivity index (χ3v) is 7.55. The Morgan fingerprint density at radius 2 is 1.84 bits per heavy atom. The van der Waals surface area contributed by atoms with E-state index in [2.05, 4.69) is 20.8 Å². The van der Waals surface area contributed by atoms with Crippen LogP contribution in [0.4, 0.5) is 5.69 Å². The van der Waals surface area contributed by atoms with Crippen molar-refractivity contribution in [1.29, 1.82) is 0 Å². The topological polar surface area (TPSA) is 97.6 Å². The molecule has 1 amide bonds. The van der Waals surface area contributed by atoms with Crippen molar-refractivity contribution in [1.82, 2.24) is 4.90 Å². The predicted molar refractivity (Wildman–Crippen MR) is 120 cm³/mol. The van der Waals surface area contributed by atoms with E-state index in [4.69, 9.17) is 11.6 Å². The fourth-order valence-electron chi connectivity index (χ4n) is 3.64. The van der Waals surface area contributed by atoms with Gasteiger partial charge in [-0.2, -0.15) is 0 Å². The summed E-state index contributed by atoms with van der Waals surface area (Å²) in [7, 11) is -3.24. The van der Waals surface area contributed by atoms with E-state index in [1.807, 2.05) is 24.3 Å². The van der Waals surface area contributed by atoms with Crippen LogP contribution in [0.1, 0.15) is 48.7 Å². The maximum atomic E-state index is 13.4. The highest BCUT2D eigenvalue weighted by molar-refractivity contribution is 7.91. The van der Waals surface area contributed by atoms with Crippen molar-refractivity contribution in [2.45, 2.75) is 45.2 Å². The maximum absolute atomic E-state index is 13.4. The number of hydrogen-bond donors (Lipinski definition) is 0. The average Bonchev–Trinajstić information content (AvgIpc) is 3.05. The normalized spacial score (nSPS) is 18.0. The fraction of sp³-hybridized carbons (Fsp3) is 0.409. The van der Waals surface area contributed by atoms with Crippen LogP contribution in [0.2, 0.25) is 5.02 Å². The van der Waals surface area contributed by atoms with Crippen LogP contribution in [-0.2, 0) is 21.8 Å². The lowest BCUT2D eigenvalue weighted by molar-refractivity contribution is -0.384. The zero-order valence-corrected chi connectivity index (χ0v) is 19.2. The molecule has 0 saturated carbocycles. The van der Waals surface area contributed by atoms with Crippen LogP contribution in [0.25, 0.3) is 0 Å². The Kier molecular flexibility index (Phi) is 6.43. The van der Waals surface area contributed by atoms with E-state index >= 15 is 0 Å². The van der Waals surface area contributed by atoms with Crippen molar-refractivity contribution in [2.24, 2.45) is 0 Å². The first-order chi connectivity index (χ1) is 14.4. The number of nitrogens with zero attached hydrogens (tertiary/aromatic N) is 2. The van der Waals surface area contributed by atoms with Crippen LogP contribution in [0.15, 0.2) is 42.5 Å². The number of nitro benzene ring substituents is 1. The molecule has 166 valence electrons. The first-order valence-electron chi connectivity index (χ1n) is 9.92. The highest BCUT2D eigenvalue weighted by Crippen LogP contribution is 2.28. The predicted octanol–water partition coefficient (Wildman–Crippen LogP) is 4.38. The van der Waals surface area contributed by atoms with Gasteiger partial charge in [0.05, 0.1) is 27.0 Å². The SMILES string of the molecule is CC(C)(C)c1ccc(CN(C(=O)c2cc([N+](=O)[O-])ccc2Cl)C2CCS(=O)(=O)C2)cc1. The van der Waals surface area contributed by atoms with Gasteiger partial charge in [0, 0.05) is 24.7 Å². The highest BCUT2D eigenvalue weighted by atomic mass is 35.5. The minimum Gasteiger partial charge on any atom is -0.330 e. The molecular formula is C22H25ClN2O5S. The molecule has 0 aliphatic carbocycles. The van der Waals surface area contributed by atoms with Crippen LogP contribution >= 0.6 is 11.6 Å². The summed E-state index contributed by atoms with van der Waals surface area (Å²) >= 11 is 6.19. The molecule has 1 saturated heterocycles. The molecule has 1 aliphatic heterocycles. The number of hydrogen-bond acceptors (Lipinski definition) is 5. The van der Waals surface area contributed by atoms with Gasteiger partial charge >= 0.3 is 0 Å². The molecule has 1 heterocycles. The van der Waals surface area contributed by atoms with Crippen LogP contribution < -0.4 is 0 Å². The van der Waals surface area contributed by atoms with E-state index < -0.39 is 26.7 Å². The van der Waals surface area contributed by atoms with Crippen LogP contribution in [0.3, 0.4) is 0 Å². The first-order valence-corrected chi connectivity index (χ1v) is 12.1. The molecular weight excluding hydrogens is 440 g/mol. The number of rotatable bonds is 5. The second-order valence-electron chi connectivity index (χ2n) is 8.86. The summed E-state index contributed by atoms with van der Waals surface area (Å²) in [5, 5.41) is 11.2. The maximum Gasteiger partial charge on any atom is 0.270 e. The largest absolute Gasteiger partial charge is 0.330 e. The van der Waals surface area contributed by atoms with Gasteiger partial charge in [0.15, 0.2) is 9.84 Å². The summed E-state index contributed by atoms with van der Waals surface area (Å²) in [6.07, 6.45) is 0.320. The van der Waals surface area contributed by atoms with E-state index in [-0.39, 0.29) is 39.7 Å². The van der Waals surface area contributed by atoms with Crippen LogP contribution in [-0.4, -0.2) is 41.7 Å². The van der Waals surface area contributed by atoms with E-state index in [1.165, 1.54) is 17.0 Å². The molecule has 2 aromatic carbocycles. The number of nitro groups is 1.